The number of benzene rings is 2. The van der Waals surface area contributed by atoms with Crippen LogP contribution < -0.4 is 15.0 Å². The Morgan fingerprint density at radius 3 is 2.48 bits per heavy atom. The topological polar surface area (TPSA) is 71.6 Å². The molecule has 1 N–H and O–H groups in total. The fourth-order valence-corrected chi connectivity index (χ4v) is 4.17. The zero-order valence-corrected chi connectivity index (χ0v) is 17.0. The molecule has 1 amide bonds. The molecule has 6 heteroatoms. The van der Waals surface area contributed by atoms with Crippen LogP contribution in [0.3, 0.4) is 0 Å². The third-order valence-corrected chi connectivity index (χ3v) is 5.60. The zero-order valence-electron chi connectivity index (χ0n) is 17.0. The van der Waals surface area contributed by atoms with Crippen molar-refractivity contribution in [2.45, 2.75) is 26.3 Å². The van der Waals surface area contributed by atoms with Crippen LogP contribution >= 0.6 is 0 Å². The average molecular weight is 392 g/mol. The number of pyridine rings is 1. The molecular formula is C23H24N2O4. The first-order valence-electron chi connectivity index (χ1n) is 9.58. The Bertz CT molecular complexity index is 1170. The van der Waals surface area contributed by atoms with Crippen molar-refractivity contribution in [1.82, 2.24) is 9.88 Å². The van der Waals surface area contributed by atoms with E-state index in [0.717, 1.165) is 27.6 Å². The van der Waals surface area contributed by atoms with E-state index in [0.29, 0.717) is 30.0 Å². The highest BCUT2D eigenvalue weighted by Crippen LogP contribution is 2.40. The number of aromatic nitrogens is 1. The SMILES string of the molecule is COc1cc2c(cc1OC)C(c1cc3cc(C)ccc3[nH]c1=O)N(C(C)=O)CC2. The van der Waals surface area contributed by atoms with Gasteiger partial charge in [-0.2, -0.15) is 0 Å². The summed E-state index contributed by atoms with van der Waals surface area (Å²) >= 11 is 0. The molecule has 4 rings (SSSR count). The molecule has 29 heavy (non-hydrogen) atoms. The van der Waals surface area contributed by atoms with E-state index in [4.69, 9.17) is 9.47 Å². The van der Waals surface area contributed by atoms with Crippen molar-refractivity contribution in [2.24, 2.45) is 0 Å². The third-order valence-electron chi connectivity index (χ3n) is 5.60. The Hall–Kier alpha value is -3.28. The molecule has 0 aliphatic carbocycles. The molecule has 1 aromatic heterocycles. The number of aryl methyl sites for hydroxylation is 1. The number of rotatable bonds is 3. The molecule has 0 bridgehead atoms. The number of nitrogens with zero attached hydrogens (tertiary/aromatic N) is 1. The number of hydrogen-bond acceptors (Lipinski definition) is 4. The normalized spacial score (nSPS) is 15.9. The smallest absolute Gasteiger partial charge is 0.254 e. The molecule has 1 atom stereocenters. The van der Waals surface area contributed by atoms with Crippen molar-refractivity contribution in [3.8, 4) is 11.5 Å². The van der Waals surface area contributed by atoms with Gasteiger partial charge in [-0.3, -0.25) is 9.59 Å². The van der Waals surface area contributed by atoms with Gasteiger partial charge >= 0.3 is 0 Å². The second-order valence-electron chi connectivity index (χ2n) is 7.42. The maximum absolute atomic E-state index is 13.0. The van der Waals surface area contributed by atoms with Crippen molar-refractivity contribution < 1.29 is 14.3 Å². The number of H-pyrrole nitrogens is 1. The summed E-state index contributed by atoms with van der Waals surface area (Å²) in [5, 5.41) is 0.940. The summed E-state index contributed by atoms with van der Waals surface area (Å²) in [5.74, 6) is 1.15. The lowest BCUT2D eigenvalue weighted by Crippen LogP contribution is -2.41. The van der Waals surface area contributed by atoms with Crippen molar-refractivity contribution in [3.63, 3.8) is 0 Å². The maximum Gasteiger partial charge on any atom is 0.254 e. The molecule has 6 nitrogen and oxygen atoms in total. The van der Waals surface area contributed by atoms with Crippen LogP contribution in [0.4, 0.5) is 0 Å². The van der Waals surface area contributed by atoms with E-state index in [-0.39, 0.29) is 11.5 Å². The Morgan fingerprint density at radius 1 is 1.07 bits per heavy atom. The number of aromatic amines is 1. The largest absolute Gasteiger partial charge is 0.493 e. The van der Waals surface area contributed by atoms with Crippen molar-refractivity contribution in [3.05, 3.63) is 69.0 Å². The number of methoxy groups -OCH3 is 2. The van der Waals surface area contributed by atoms with E-state index >= 15 is 0 Å². The van der Waals surface area contributed by atoms with E-state index in [2.05, 4.69) is 4.98 Å². The van der Waals surface area contributed by atoms with Gasteiger partial charge in [-0.05, 0) is 60.2 Å². The van der Waals surface area contributed by atoms with Gasteiger partial charge in [0.2, 0.25) is 5.91 Å². The summed E-state index contributed by atoms with van der Waals surface area (Å²) in [6.45, 7) is 4.09. The number of amides is 1. The first-order chi connectivity index (χ1) is 13.9. The number of carbonyl (C=O) groups excluding carboxylic acids is 1. The van der Waals surface area contributed by atoms with Crippen molar-refractivity contribution in [1.29, 1.82) is 0 Å². The predicted octanol–water partition coefficient (Wildman–Crippen LogP) is 3.35. The Balaban J connectivity index is 1.98. The number of carbonyl (C=O) groups is 1. The molecule has 3 aromatic rings. The molecular weight excluding hydrogens is 368 g/mol. The Morgan fingerprint density at radius 2 is 1.79 bits per heavy atom. The molecule has 0 saturated carbocycles. The standard InChI is InChI=1S/C23H24N2O4/c1-13-5-6-19-16(9-13)10-18(23(27)24-19)22-17-12-21(29-4)20(28-3)11-15(17)7-8-25(22)14(2)26/h5-6,9-12,22H,7-8H2,1-4H3,(H,24,27). The highest BCUT2D eigenvalue weighted by atomic mass is 16.5. The molecule has 1 aliphatic heterocycles. The fourth-order valence-electron chi connectivity index (χ4n) is 4.17. The van der Waals surface area contributed by atoms with Gasteiger partial charge in [0.05, 0.1) is 20.3 Å². The van der Waals surface area contributed by atoms with Crippen LogP contribution in [0.1, 0.15) is 35.2 Å². The van der Waals surface area contributed by atoms with Crippen LogP contribution in [0.25, 0.3) is 10.9 Å². The quantitative estimate of drug-likeness (QED) is 0.742. The molecule has 0 saturated heterocycles. The number of nitrogens with one attached hydrogen (secondary N) is 1. The van der Waals surface area contributed by atoms with Crippen LogP contribution in [0.2, 0.25) is 0 Å². The Labute approximate surface area is 169 Å². The first-order valence-corrected chi connectivity index (χ1v) is 9.58. The summed E-state index contributed by atoms with van der Waals surface area (Å²) in [6, 6.07) is 11.1. The predicted molar refractivity (Wildman–Crippen MR) is 112 cm³/mol. The molecule has 150 valence electrons. The van der Waals surface area contributed by atoms with Gasteiger partial charge in [-0.1, -0.05) is 11.6 Å². The summed E-state index contributed by atoms with van der Waals surface area (Å²) in [4.78, 5) is 30.2. The monoisotopic (exact) mass is 392 g/mol. The van der Waals surface area contributed by atoms with Crippen LogP contribution in [0, 0.1) is 6.92 Å². The molecule has 2 aromatic carbocycles. The average Bonchev–Trinajstić information content (AvgIpc) is 2.71. The van der Waals surface area contributed by atoms with Crippen LogP contribution in [0.15, 0.2) is 41.2 Å². The Kier molecular flexibility index (Phi) is 4.78. The van der Waals surface area contributed by atoms with Gasteiger partial charge < -0.3 is 19.4 Å². The summed E-state index contributed by atoms with van der Waals surface area (Å²) in [5.41, 5.74) is 4.18. The minimum Gasteiger partial charge on any atom is -0.493 e. The van der Waals surface area contributed by atoms with E-state index < -0.39 is 6.04 Å². The van der Waals surface area contributed by atoms with Crippen LogP contribution in [-0.4, -0.2) is 36.6 Å². The van der Waals surface area contributed by atoms with Gasteiger partial charge in [0.25, 0.3) is 5.56 Å². The third kappa shape index (κ3) is 3.24. The van der Waals surface area contributed by atoms with E-state index in [1.807, 2.05) is 43.3 Å². The van der Waals surface area contributed by atoms with Gasteiger partial charge in [-0.25, -0.2) is 0 Å². The summed E-state index contributed by atoms with van der Waals surface area (Å²) in [6.07, 6.45) is 0.691. The van der Waals surface area contributed by atoms with E-state index in [1.165, 1.54) is 6.92 Å². The molecule has 1 unspecified atom stereocenters. The fraction of sp³-hybridized carbons (Fsp3) is 0.304. The van der Waals surface area contributed by atoms with Crippen LogP contribution in [-0.2, 0) is 11.2 Å². The van der Waals surface area contributed by atoms with Crippen molar-refractivity contribution >= 4 is 16.8 Å². The minimum absolute atomic E-state index is 0.0702. The molecule has 2 heterocycles. The van der Waals surface area contributed by atoms with Crippen LogP contribution in [0.5, 0.6) is 11.5 Å². The van der Waals surface area contributed by atoms with Crippen molar-refractivity contribution in [2.75, 3.05) is 20.8 Å². The molecule has 1 aliphatic rings. The first kappa shape index (κ1) is 19.1. The second-order valence-corrected chi connectivity index (χ2v) is 7.42. The lowest BCUT2D eigenvalue weighted by Gasteiger charge is -2.37. The molecule has 0 radical (unpaired) electrons. The summed E-state index contributed by atoms with van der Waals surface area (Å²) in [7, 11) is 3.18. The lowest BCUT2D eigenvalue weighted by molar-refractivity contribution is -0.130. The van der Waals surface area contributed by atoms with E-state index in [9.17, 15) is 9.59 Å². The minimum atomic E-state index is -0.482. The van der Waals surface area contributed by atoms with E-state index in [1.54, 1.807) is 19.1 Å². The van der Waals surface area contributed by atoms with Gasteiger partial charge in [0.15, 0.2) is 11.5 Å². The number of ether oxygens (including phenoxy) is 2. The highest BCUT2D eigenvalue weighted by Gasteiger charge is 2.33. The number of fused-ring (bicyclic) bond motifs is 2. The van der Waals surface area contributed by atoms with Gasteiger partial charge in [0, 0.05) is 24.5 Å². The maximum atomic E-state index is 13.0. The van der Waals surface area contributed by atoms with Gasteiger partial charge in [-0.15, -0.1) is 0 Å². The lowest BCUT2D eigenvalue weighted by atomic mass is 9.87. The molecule has 0 fully saturated rings. The zero-order chi connectivity index (χ0) is 20.7. The summed E-state index contributed by atoms with van der Waals surface area (Å²) < 4.78 is 10.9. The molecule has 0 spiro atoms. The number of hydrogen-bond donors (Lipinski definition) is 1. The highest BCUT2D eigenvalue weighted by molar-refractivity contribution is 5.81. The second kappa shape index (κ2) is 7.28. The van der Waals surface area contributed by atoms with Gasteiger partial charge in [0.1, 0.15) is 0 Å².